The molecular weight excluding hydrogens is 430 g/mol. The van der Waals surface area contributed by atoms with Crippen LogP contribution in [0.4, 0.5) is 0 Å². The fraction of sp³-hybridized carbons (Fsp3) is 0.286. The molecule has 6 nitrogen and oxygen atoms in total. The Kier molecular flexibility index (Phi) is 7.40. The molecule has 1 unspecified atom stereocenters. The number of benzene rings is 3. The Hall–Kier alpha value is -3.48. The second-order valence-electron chi connectivity index (χ2n) is 8.57. The van der Waals surface area contributed by atoms with Gasteiger partial charge in [0.1, 0.15) is 24.2 Å². The average Bonchev–Trinajstić information content (AvgIpc) is 3.30. The number of fused-ring (bicyclic) bond motifs is 1. The lowest BCUT2D eigenvalue weighted by Gasteiger charge is -2.18. The number of aliphatic hydroxyl groups excluding tert-OH is 1. The Morgan fingerprint density at radius 3 is 2.18 bits per heavy atom. The van der Waals surface area contributed by atoms with Gasteiger partial charge in [-0.25, -0.2) is 0 Å². The van der Waals surface area contributed by atoms with Crippen molar-refractivity contribution >= 4 is 11.1 Å². The van der Waals surface area contributed by atoms with Gasteiger partial charge in [-0.3, -0.25) is 0 Å². The molecule has 3 aromatic carbocycles. The first-order valence-electron chi connectivity index (χ1n) is 11.4. The van der Waals surface area contributed by atoms with E-state index in [0.717, 1.165) is 45.8 Å². The standard InChI is InChI=1S/C28H31NO5/c1-4-25(21-9-14-26-27(15-21)34-18-33-26)28(19-5-10-22(30)11-6-19)20-7-12-24(13-8-20)32-17-23(31)16-29(2)3/h5-15,23,30-31H,4,16-18H2,1-3H3/b28-25+. The van der Waals surface area contributed by atoms with E-state index >= 15 is 0 Å². The number of phenols is 1. The minimum atomic E-state index is -0.556. The van der Waals surface area contributed by atoms with Crippen LogP contribution in [-0.2, 0) is 0 Å². The molecule has 0 fully saturated rings. The summed E-state index contributed by atoms with van der Waals surface area (Å²) in [5.74, 6) is 2.42. The van der Waals surface area contributed by atoms with E-state index in [1.54, 1.807) is 12.1 Å². The lowest BCUT2D eigenvalue weighted by Crippen LogP contribution is -2.30. The van der Waals surface area contributed by atoms with E-state index in [2.05, 4.69) is 13.0 Å². The molecule has 1 atom stereocenters. The average molecular weight is 462 g/mol. The molecule has 6 heteroatoms. The van der Waals surface area contributed by atoms with Gasteiger partial charge in [-0.15, -0.1) is 0 Å². The molecule has 2 N–H and O–H groups in total. The van der Waals surface area contributed by atoms with Crippen LogP contribution in [0.15, 0.2) is 66.7 Å². The first-order chi connectivity index (χ1) is 16.4. The fourth-order valence-corrected chi connectivity index (χ4v) is 4.14. The van der Waals surface area contributed by atoms with E-state index in [1.807, 2.05) is 67.5 Å². The molecule has 3 aromatic rings. The van der Waals surface area contributed by atoms with E-state index in [9.17, 15) is 10.2 Å². The molecule has 1 aliphatic rings. The molecular formula is C28H31NO5. The predicted molar refractivity (Wildman–Crippen MR) is 133 cm³/mol. The maximum absolute atomic E-state index is 10.1. The third-order valence-electron chi connectivity index (χ3n) is 5.69. The van der Waals surface area contributed by atoms with Gasteiger partial charge in [-0.1, -0.05) is 37.3 Å². The molecule has 0 saturated heterocycles. The Bertz CT molecular complexity index is 1140. The maximum atomic E-state index is 10.1. The van der Waals surface area contributed by atoms with Gasteiger partial charge in [0.25, 0.3) is 0 Å². The molecule has 0 amide bonds. The molecule has 0 aromatic heterocycles. The quantitative estimate of drug-likeness (QED) is 0.447. The second kappa shape index (κ2) is 10.6. The zero-order valence-corrected chi connectivity index (χ0v) is 19.8. The number of ether oxygens (including phenoxy) is 3. The Morgan fingerprint density at radius 2 is 1.53 bits per heavy atom. The molecule has 34 heavy (non-hydrogen) atoms. The topological polar surface area (TPSA) is 71.4 Å². The summed E-state index contributed by atoms with van der Waals surface area (Å²) in [5.41, 5.74) is 5.31. The number of aromatic hydroxyl groups is 1. The van der Waals surface area contributed by atoms with Crippen LogP contribution in [0, 0.1) is 0 Å². The number of phenolic OH excluding ortho intramolecular Hbond substituents is 1. The largest absolute Gasteiger partial charge is 0.508 e. The van der Waals surface area contributed by atoms with Crippen LogP contribution in [0.2, 0.25) is 0 Å². The summed E-state index contributed by atoms with van der Waals surface area (Å²) in [4.78, 5) is 1.92. The monoisotopic (exact) mass is 461 g/mol. The Morgan fingerprint density at radius 1 is 0.912 bits per heavy atom. The number of nitrogens with zero attached hydrogens (tertiary/aromatic N) is 1. The molecule has 0 radical (unpaired) electrons. The lowest BCUT2D eigenvalue weighted by molar-refractivity contribution is 0.0831. The third-order valence-corrected chi connectivity index (χ3v) is 5.69. The SMILES string of the molecule is CC/C(=C(/c1ccc(O)cc1)c1ccc(OCC(O)CN(C)C)cc1)c1ccc2c(c1)OCO2. The minimum absolute atomic E-state index is 0.226. The van der Waals surface area contributed by atoms with Crippen molar-refractivity contribution in [3.63, 3.8) is 0 Å². The summed E-state index contributed by atoms with van der Waals surface area (Å²) in [5, 5.41) is 19.9. The number of hydrogen-bond acceptors (Lipinski definition) is 6. The summed E-state index contributed by atoms with van der Waals surface area (Å²) >= 11 is 0. The number of rotatable bonds is 9. The number of aliphatic hydroxyl groups is 1. The van der Waals surface area contributed by atoms with E-state index in [4.69, 9.17) is 14.2 Å². The molecule has 178 valence electrons. The summed E-state index contributed by atoms with van der Waals surface area (Å²) in [6.45, 7) is 3.14. The Labute approximate surface area is 200 Å². The van der Waals surface area contributed by atoms with Crippen molar-refractivity contribution in [1.82, 2.24) is 4.90 Å². The molecule has 0 spiro atoms. The fourth-order valence-electron chi connectivity index (χ4n) is 4.14. The van der Waals surface area contributed by atoms with Crippen LogP contribution in [0.25, 0.3) is 11.1 Å². The molecule has 4 rings (SSSR count). The van der Waals surface area contributed by atoms with Crippen LogP contribution in [0.1, 0.15) is 30.0 Å². The minimum Gasteiger partial charge on any atom is -0.508 e. The van der Waals surface area contributed by atoms with E-state index in [0.29, 0.717) is 12.3 Å². The van der Waals surface area contributed by atoms with Gasteiger partial charge in [0, 0.05) is 6.54 Å². The highest BCUT2D eigenvalue weighted by Gasteiger charge is 2.18. The van der Waals surface area contributed by atoms with Crippen molar-refractivity contribution in [3.05, 3.63) is 83.4 Å². The Balaban J connectivity index is 1.70. The summed E-state index contributed by atoms with van der Waals surface area (Å²) < 4.78 is 16.9. The molecule has 0 saturated carbocycles. The van der Waals surface area contributed by atoms with Gasteiger partial charge >= 0.3 is 0 Å². The van der Waals surface area contributed by atoms with E-state index < -0.39 is 6.10 Å². The first-order valence-corrected chi connectivity index (χ1v) is 11.4. The van der Waals surface area contributed by atoms with Gasteiger partial charge in [0.15, 0.2) is 11.5 Å². The number of hydrogen-bond donors (Lipinski definition) is 2. The first kappa shape index (κ1) is 23.7. The smallest absolute Gasteiger partial charge is 0.231 e. The maximum Gasteiger partial charge on any atom is 0.231 e. The van der Waals surface area contributed by atoms with Gasteiger partial charge in [-0.05, 0) is 84.8 Å². The van der Waals surface area contributed by atoms with Crippen LogP contribution in [-0.4, -0.2) is 55.3 Å². The molecule has 1 heterocycles. The zero-order valence-electron chi connectivity index (χ0n) is 19.8. The van der Waals surface area contributed by atoms with Crippen molar-refractivity contribution in [2.24, 2.45) is 0 Å². The van der Waals surface area contributed by atoms with Crippen molar-refractivity contribution in [2.75, 3.05) is 34.0 Å². The van der Waals surface area contributed by atoms with Crippen molar-refractivity contribution in [1.29, 1.82) is 0 Å². The van der Waals surface area contributed by atoms with E-state index in [-0.39, 0.29) is 19.1 Å². The van der Waals surface area contributed by atoms with Crippen molar-refractivity contribution < 1.29 is 24.4 Å². The second-order valence-corrected chi connectivity index (χ2v) is 8.57. The van der Waals surface area contributed by atoms with Crippen LogP contribution < -0.4 is 14.2 Å². The van der Waals surface area contributed by atoms with Crippen molar-refractivity contribution in [2.45, 2.75) is 19.4 Å². The summed E-state index contributed by atoms with van der Waals surface area (Å²) in [6.07, 6.45) is 0.241. The third kappa shape index (κ3) is 5.53. The zero-order chi connectivity index (χ0) is 24.1. The highest BCUT2D eigenvalue weighted by Crippen LogP contribution is 2.40. The van der Waals surface area contributed by atoms with Crippen molar-refractivity contribution in [3.8, 4) is 23.0 Å². The number of allylic oxidation sites excluding steroid dienone is 1. The van der Waals surface area contributed by atoms with Crippen LogP contribution in [0.3, 0.4) is 0 Å². The van der Waals surface area contributed by atoms with E-state index in [1.165, 1.54) is 0 Å². The number of likely N-dealkylation sites (N-methyl/N-ethyl adjacent to an activating group) is 1. The van der Waals surface area contributed by atoms with Gasteiger partial charge in [-0.2, -0.15) is 0 Å². The lowest BCUT2D eigenvalue weighted by atomic mass is 9.88. The molecule has 1 aliphatic heterocycles. The van der Waals surface area contributed by atoms with Gasteiger partial charge in [0.2, 0.25) is 6.79 Å². The van der Waals surface area contributed by atoms with Gasteiger partial charge in [0.05, 0.1) is 0 Å². The highest BCUT2D eigenvalue weighted by atomic mass is 16.7. The highest BCUT2D eigenvalue weighted by molar-refractivity contribution is 5.99. The molecule has 0 aliphatic carbocycles. The predicted octanol–water partition coefficient (Wildman–Crippen LogP) is 4.79. The summed E-state index contributed by atoms with van der Waals surface area (Å²) in [6, 6.07) is 21.2. The normalized spacial score (nSPS) is 14.1. The van der Waals surface area contributed by atoms with Crippen LogP contribution in [0.5, 0.6) is 23.0 Å². The van der Waals surface area contributed by atoms with Gasteiger partial charge < -0.3 is 29.3 Å². The summed E-state index contributed by atoms with van der Waals surface area (Å²) in [7, 11) is 3.83. The molecule has 0 bridgehead atoms. The van der Waals surface area contributed by atoms with Crippen LogP contribution >= 0.6 is 0 Å².